The average molecular weight is 333 g/mol. The molecular weight excluding hydrogens is 314 g/mol. The van der Waals surface area contributed by atoms with Gasteiger partial charge >= 0.3 is 17.9 Å². The Hall–Kier alpha value is -1.63. The topological polar surface area (TPSA) is 105 Å². The molecule has 0 aromatic heterocycles. The largest absolute Gasteiger partial charge is 0.460 e. The Labute approximate surface area is 138 Å². The Morgan fingerprint density at radius 3 is 2.62 bits per heavy atom. The van der Waals surface area contributed by atoms with Gasteiger partial charge in [0.2, 0.25) is 0 Å². The van der Waals surface area contributed by atoms with E-state index in [-0.39, 0.29) is 71.9 Å². The van der Waals surface area contributed by atoms with Crippen LogP contribution in [0.1, 0.15) is 19.3 Å². The molecule has 0 aromatic rings. The highest BCUT2D eigenvalue weighted by Gasteiger charge is 2.69. The smallest absolute Gasteiger partial charge is 0.310 e. The Bertz CT molecular complexity index is 678. The van der Waals surface area contributed by atoms with Crippen molar-refractivity contribution in [3.63, 3.8) is 0 Å². The van der Waals surface area contributed by atoms with Crippen molar-refractivity contribution in [3.05, 3.63) is 0 Å². The van der Waals surface area contributed by atoms with Crippen LogP contribution in [0.25, 0.3) is 0 Å². The van der Waals surface area contributed by atoms with E-state index in [0.29, 0.717) is 0 Å². The van der Waals surface area contributed by atoms with Crippen LogP contribution in [-0.4, -0.2) is 42.3 Å². The molecule has 2 N–H and O–H groups in total. The maximum Gasteiger partial charge on any atom is 0.310 e. The number of hydrogen-bond donors (Lipinski definition) is 1. The summed E-state index contributed by atoms with van der Waals surface area (Å²) in [5, 5.41) is 0. The van der Waals surface area contributed by atoms with Crippen molar-refractivity contribution < 1.29 is 28.6 Å². The molecule has 0 aromatic carbocycles. The van der Waals surface area contributed by atoms with Gasteiger partial charge in [-0.2, -0.15) is 0 Å². The molecule has 24 heavy (non-hydrogen) atoms. The van der Waals surface area contributed by atoms with E-state index in [4.69, 9.17) is 19.9 Å². The monoisotopic (exact) mass is 333 g/mol. The van der Waals surface area contributed by atoms with Crippen LogP contribution >= 0.6 is 0 Å². The first-order valence-electron chi connectivity index (χ1n) is 8.91. The lowest BCUT2D eigenvalue weighted by Gasteiger charge is -2.31. The quantitative estimate of drug-likeness (QED) is 0.542. The summed E-state index contributed by atoms with van der Waals surface area (Å²) < 4.78 is 16.6. The average Bonchev–Trinajstić information content (AvgIpc) is 3.30. The lowest BCUT2D eigenvalue weighted by atomic mass is 9.77. The van der Waals surface area contributed by atoms with Gasteiger partial charge in [0.05, 0.1) is 17.8 Å². The molecule has 6 fully saturated rings. The van der Waals surface area contributed by atoms with E-state index in [9.17, 15) is 14.4 Å². The van der Waals surface area contributed by atoms with Gasteiger partial charge in [-0.1, -0.05) is 0 Å². The Morgan fingerprint density at radius 2 is 1.79 bits per heavy atom. The molecule has 2 aliphatic heterocycles. The van der Waals surface area contributed by atoms with Gasteiger partial charge in [0.15, 0.2) is 0 Å². The van der Waals surface area contributed by atoms with Gasteiger partial charge in [-0.05, 0) is 25.2 Å². The van der Waals surface area contributed by atoms with Crippen molar-refractivity contribution in [3.8, 4) is 0 Å². The van der Waals surface area contributed by atoms with Crippen LogP contribution in [0.4, 0.5) is 0 Å². The molecular formula is C17H19NO6. The third-order valence-corrected chi connectivity index (χ3v) is 7.61. The summed E-state index contributed by atoms with van der Waals surface area (Å²) in [6, 6.07) is -0.274. The highest BCUT2D eigenvalue weighted by Crippen LogP contribution is 2.59. The number of rotatable bonds is 2. The first-order valence-corrected chi connectivity index (χ1v) is 8.91. The maximum atomic E-state index is 12.9. The molecule has 11 unspecified atom stereocenters. The van der Waals surface area contributed by atoms with Crippen LogP contribution < -0.4 is 5.73 Å². The minimum atomic E-state index is -0.497. The van der Waals surface area contributed by atoms with Gasteiger partial charge in [-0.3, -0.25) is 14.4 Å². The first-order chi connectivity index (χ1) is 11.5. The van der Waals surface area contributed by atoms with E-state index in [2.05, 4.69) is 0 Å². The third kappa shape index (κ3) is 1.38. The minimum absolute atomic E-state index is 0.00330. The summed E-state index contributed by atoms with van der Waals surface area (Å²) >= 11 is 0. The molecule has 0 amide bonds. The SMILES string of the molecule is NC1C2CC3C1OC(=O)C3C2C(=O)OC1C2CC3C(=O)OC1C3C2. The number of carbonyl (C=O) groups excluding carboxylic acids is 3. The molecule has 4 saturated carbocycles. The molecule has 2 heterocycles. The molecule has 7 heteroatoms. The zero-order valence-corrected chi connectivity index (χ0v) is 13.0. The second-order valence-electron chi connectivity index (χ2n) is 8.40. The van der Waals surface area contributed by atoms with Crippen LogP contribution in [0.2, 0.25) is 0 Å². The third-order valence-electron chi connectivity index (χ3n) is 7.61. The summed E-state index contributed by atoms with van der Waals surface area (Å²) in [5.74, 6) is -1.27. The van der Waals surface area contributed by atoms with Crippen molar-refractivity contribution in [2.75, 3.05) is 0 Å². The lowest BCUT2D eigenvalue weighted by Crippen LogP contribution is -2.47. The van der Waals surface area contributed by atoms with Crippen LogP contribution in [0.15, 0.2) is 0 Å². The number of esters is 3. The standard InChI is InChI=1S/C17H19NO6/c18-11-7-3-8-10(17(21)23-13(8)11)9(7)16(20)22-12-4-1-5-6(2-4)15(19)24-14(5)12/h4-14H,1-3,18H2. The Morgan fingerprint density at radius 1 is 1.00 bits per heavy atom. The van der Waals surface area contributed by atoms with Gasteiger partial charge in [0.25, 0.3) is 0 Å². The van der Waals surface area contributed by atoms with Gasteiger partial charge in [0, 0.05) is 23.8 Å². The predicted octanol–water partition coefficient (Wildman–Crippen LogP) is -0.386. The molecule has 11 atom stereocenters. The summed E-state index contributed by atoms with van der Waals surface area (Å²) in [6.07, 6.45) is 1.54. The Kier molecular flexibility index (Phi) is 2.34. The van der Waals surface area contributed by atoms with E-state index < -0.39 is 11.8 Å². The molecule has 6 aliphatic rings. The number of fused-ring (bicyclic) bond motifs is 2. The molecule has 4 bridgehead atoms. The number of hydrogen-bond acceptors (Lipinski definition) is 7. The van der Waals surface area contributed by atoms with E-state index in [1.807, 2.05) is 0 Å². The fraction of sp³-hybridized carbons (Fsp3) is 0.824. The van der Waals surface area contributed by atoms with Crippen LogP contribution in [0.5, 0.6) is 0 Å². The number of nitrogens with two attached hydrogens (primary N) is 1. The molecule has 4 aliphatic carbocycles. The maximum absolute atomic E-state index is 12.9. The van der Waals surface area contributed by atoms with E-state index in [1.54, 1.807) is 0 Å². The normalized spacial score (nSPS) is 58.3. The molecule has 2 saturated heterocycles. The zero-order chi connectivity index (χ0) is 16.3. The summed E-state index contributed by atoms with van der Waals surface area (Å²) in [4.78, 5) is 36.8. The minimum Gasteiger partial charge on any atom is -0.460 e. The van der Waals surface area contributed by atoms with Crippen molar-refractivity contribution >= 4 is 17.9 Å². The van der Waals surface area contributed by atoms with Gasteiger partial charge in [-0.15, -0.1) is 0 Å². The van der Waals surface area contributed by atoms with Crippen molar-refractivity contribution in [1.29, 1.82) is 0 Å². The van der Waals surface area contributed by atoms with Crippen LogP contribution in [-0.2, 0) is 28.6 Å². The molecule has 128 valence electrons. The number of carbonyl (C=O) groups is 3. The lowest BCUT2D eigenvalue weighted by molar-refractivity contribution is -0.169. The highest BCUT2D eigenvalue weighted by atomic mass is 16.6. The fourth-order valence-electron chi connectivity index (χ4n) is 6.70. The second kappa shape index (κ2) is 4.12. The first kappa shape index (κ1) is 13.6. The molecule has 0 spiro atoms. The molecule has 7 nitrogen and oxygen atoms in total. The fourth-order valence-corrected chi connectivity index (χ4v) is 6.70. The van der Waals surface area contributed by atoms with Crippen molar-refractivity contribution in [2.45, 2.75) is 43.6 Å². The van der Waals surface area contributed by atoms with Gasteiger partial charge in [0.1, 0.15) is 18.3 Å². The second-order valence-corrected chi connectivity index (χ2v) is 8.40. The molecule has 0 radical (unpaired) electrons. The van der Waals surface area contributed by atoms with Crippen molar-refractivity contribution in [1.82, 2.24) is 0 Å². The molecule has 6 rings (SSSR count). The summed E-state index contributed by atoms with van der Waals surface area (Å²) in [7, 11) is 0. The zero-order valence-electron chi connectivity index (χ0n) is 13.0. The van der Waals surface area contributed by atoms with Gasteiger partial charge < -0.3 is 19.9 Å². The Balaban J connectivity index is 1.25. The van der Waals surface area contributed by atoms with Gasteiger partial charge in [-0.25, -0.2) is 0 Å². The van der Waals surface area contributed by atoms with Crippen LogP contribution in [0.3, 0.4) is 0 Å². The highest BCUT2D eigenvalue weighted by molar-refractivity contribution is 5.86. The van der Waals surface area contributed by atoms with E-state index >= 15 is 0 Å². The summed E-state index contributed by atoms with van der Waals surface area (Å²) in [6.45, 7) is 0. The van der Waals surface area contributed by atoms with Crippen LogP contribution in [0, 0.1) is 41.4 Å². The predicted molar refractivity (Wildman–Crippen MR) is 75.9 cm³/mol. The van der Waals surface area contributed by atoms with E-state index in [1.165, 1.54) is 0 Å². The summed E-state index contributed by atoms with van der Waals surface area (Å²) in [5.41, 5.74) is 6.18. The van der Waals surface area contributed by atoms with Crippen molar-refractivity contribution in [2.24, 2.45) is 47.2 Å². The van der Waals surface area contributed by atoms with E-state index in [0.717, 1.165) is 19.3 Å². The number of ether oxygens (including phenoxy) is 3.